The molecule has 18 aromatic carbocycles. The van der Waals surface area contributed by atoms with Gasteiger partial charge < -0.3 is 14.8 Å². The predicted octanol–water partition coefficient (Wildman–Crippen LogP) is 26.5. The second-order valence-electron chi connectivity index (χ2n) is 25.9. The van der Waals surface area contributed by atoms with E-state index in [0.717, 1.165) is 33.3 Å². The van der Waals surface area contributed by atoms with Crippen molar-refractivity contribution in [2.75, 3.05) is 13.2 Å². The zero-order valence-electron chi connectivity index (χ0n) is 56.0. The molecule has 103 heavy (non-hydrogen) atoms. The Morgan fingerprint density at radius 2 is 0.417 bits per heavy atom. The second kappa shape index (κ2) is 30.6. The van der Waals surface area contributed by atoms with Gasteiger partial charge in [0.15, 0.2) is 0 Å². The lowest BCUT2D eigenvalue weighted by atomic mass is 9.80. The summed E-state index contributed by atoms with van der Waals surface area (Å²) in [5.41, 5.74) is 22.5. The lowest BCUT2D eigenvalue weighted by Gasteiger charge is -2.21. The first-order chi connectivity index (χ1) is 50.3. The maximum Gasteiger partial charge on any atom is 0.488 e. The number of ether oxygens (including phenoxy) is 1. The average Bonchev–Trinajstić information content (AvgIpc) is 0.766. The second-order valence-corrected chi connectivity index (χ2v) is 27.6. The minimum absolute atomic E-state index is 0. The Morgan fingerprint density at radius 3 is 0.660 bits per heavy atom. The van der Waals surface area contributed by atoms with Crippen molar-refractivity contribution in [3.8, 4) is 100 Å². The molecule has 0 aliphatic carbocycles. The lowest BCUT2D eigenvalue weighted by Crippen LogP contribution is -2.29. The SMILES string of the molecule is Brc1cc(-c2ccccc2)c2ccc3c(Br)cc(-c4ccccc4)c4ccc1c2c34.C.C1CCOC1.OB(O)c1ccc(-c2ccccc2)cc1.c1ccc(-c2ccc(-c3cc(-c4ccccc4)c4ccc5c(-c6ccc(-c7ccccc7)cc6)cc(-c6ccccc6)c6ccc3c4c65)cc2)cc1. The Labute approximate surface area is 619 Å². The van der Waals surface area contributed by atoms with Crippen LogP contribution in [-0.2, 0) is 4.74 Å². The molecule has 6 heteroatoms. The number of hydrogen-bond donors (Lipinski definition) is 2. The fourth-order valence-corrected chi connectivity index (χ4v) is 15.9. The van der Waals surface area contributed by atoms with Crippen LogP contribution >= 0.6 is 31.9 Å². The van der Waals surface area contributed by atoms with Crippen LogP contribution in [0.25, 0.3) is 165 Å². The quantitative estimate of drug-likeness (QED) is 0.106. The number of benzene rings is 18. The fraction of sp³-hybridized carbons (Fsp3) is 0.0515. The van der Waals surface area contributed by atoms with E-state index in [1.165, 1.54) is 166 Å². The summed E-state index contributed by atoms with van der Waals surface area (Å²) in [5, 5.41) is 33.3. The van der Waals surface area contributed by atoms with E-state index in [-0.39, 0.29) is 7.43 Å². The standard InChI is InChI=1S/C52H34.C28H16Br2.C12H11BO2.C4H8O.CH4/c1-5-13-35(14-6-1)37-21-25-41(26-22-37)49-33-47(39-17-9-3-10-18-39)43-30-32-46-50(42-27-23-38(24-28-42)36-15-7-2-8-16-36)34-48(40-19-11-4-12-20-40)44-29-31-45(49)51(43)52(44)46;29-25-15-23(17-7-3-1-4-8-17)19-11-13-22-26(30)16-24(18-9-5-2-6-10-18)20-12-14-21(25)27(19)28(20)22;14-13(15)12-8-6-11(7-9-12)10-4-2-1-3-5-10;1-2-4-5-3-1;/h1-34H;1-16H;1-9,14-15H;1-4H2;1H4. The molecular formula is C97H73BBr2O3. The van der Waals surface area contributed by atoms with Gasteiger partial charge in [0.05, 0.1) is 0 Å². The molecule has 2 N–H and O–H groups in total. The van der Waals surface area contributed by atoms with Crippen LogP contribution in [0.5, 0.6) is 0 Å². The average molecular weight is 1460 g/mol. The molecule has 1 saturated heterocycles. The van der Waals surface area contributed by atoms with Gasteiger partial charge in [-0.3, -0.25) is 0 Å². The Morgan fingerprint density at radius 1 is 0.223 bits per heavy atom. The van der Waals surface area contributed by atoms with Crippen LogP contribution in [0.1, 0.15) is 20.3 Å². The molecule has 1 fully saturated rings. The minimum Gasteiger partial charge on any atom is -0.423 e. The maximum atomic E-state index is 8.94. The molecule has 0 saturated carbocycles. The summed E-state index contributed by atoms with van der Waals surface area (Å²) in [4.78, 5) is 0. The first-order valence-corrected chi connectivity index (χ1v) is 36.4. The molecule has 1 aliphatic heterocycles. The summed E-state index contributed by atoms with van der Waals surface area (Å²) in [6.45, 7) is 2.00. The predicted molar refractivity (Wildman–Crippen MR) is 448 cm³/mol. The van der Waals surface area contributed by atoms with Crippen molar-refractivity contribution in [1.29, 1.82) is 0 Å². The van der Waals surface area contributed by atoms with Gasteiger partial charge in [-0.15, -0.1) is 0 Å². The molecule has 0 aromatic heterocycles. The van der Waals surface area contributed by atoms with E-state index in [2.05, 4.69) is 335 Å². The highest BCUT2D eigenvalue weighted by molar-refractivity contribution is 9.11. The topological polar surface area (TPSA) is 49.7 Å². The van der Waals surface area contributed by atoms with Crippen LogP contribution in [0.3, 0.4) is 0 Å². The first kappa shape index (κ1) is 67.8. The molecule has 0 spiro atoms. The highest BCUT2D eigenvalue weighted by atomic mass is 79.9. The van der Waals surface area contributed by atoms with E-state index in [9.17, 15) is 0 Å². The van der Waals surface area contributed by atoms with E-state index < -0.39 is 7.12 Å². The summed E-state index contributed by atoms with van der Waals surface area (Å²) >= 11 is 7.72. The first-order valence-electron chi connectivity index (χ1n) is 34.8. The molecule has 0 bridgehead atoms. The van der Waals surface area contributed by atoms with Crippen molar-refractivity contribution in [2.45, 2.75) is 20.3 Å². The largest absolute Gasteiger partial charge is 0.488 e. The van der Waals surface area contributed by atoms with Crippen LogP contribution in [0.2, 0.25) is 0 Å². The highest BCUT2D eigenvalue weighted by Gasteiger charge is 2.23. The number of rotatable bonds is 10. The van der Waals surface area contributed by atoms with Crippen LogP contribution < -0.4 is 5.46 Å². The monoisotopic (exact) mass is 1450 g/mol. The third kappa shape index (κ3) is 13.8. The molecular weight excluding hydrogens is 1380 g/mol. The molecule has 496 valence electrons. The molecule has 1 heterocycles. The number of hydrogen-bond acceptors (Lipinski definition) is 3. The Balaban J connectivity index is 0.000000140. The highest BCUT2D eigenvalue weighted by Crippen LogP contribution is 2.50. The van der Waals surface area contributed by atoms with Gasteiger partial charge in [0.25, 0.3) is 0 Å². The van der Waals surface area contributed by atoms with Crippen molar-refractivity contribution in [3.05, 3.63) is 367 Å². The van der Waals surface area contributed by atoms with Gasteiger partial charge in [0, 0.05) is 22.2 Å². The van der Waals surface area contributed by atoms with Crippen molar-refractivity contribution in [2.24, 2.45) is 0 Å². The Kier molecular flexibility index (Phi) is 20.2. The number of halogens is 2. The van der Waals surface area contributed by atoms with Gasteiger partial charge in [0.2, 0.25) is 0 Å². The van der Waals surface area contributed by atoms with Gasteiger partial charge in [-0.05, 0) is 207 Å². The van der Waals surface area contributed by atoms with Gasteiger partial charge in [-0.2, -0.15) is 0 Å². The maximum absolute atomic E-state index is 8.94. The smallest absolute Gasteiger partial charge is 0.423 e. The molecule has 0 atom stereocenters. The summed E-state index contributed by atoms with van der Waals surface area (Å²) in [6, 6.07) is 127. The third-order valence-electron chi connectivity index (χ3n) is 19.8. The van der Waals surface area contributed by atoms with Gasteiger partial charge in [-0.25, -0.2) is 0 Å². The summed E-state index contributed by atoms with van der Waals surface area (Å²) in [7, 11) is -1.39. The minimum atomic E-state index is -1.39. The van der Waals surface area contributed by atoms with Crippen molar-refractivity contribution >= 4 is 109 Å². The van der Waals surface area contributed by atoms with Crippen LogP contribution in [0.4, 0.5) is 0 Å². The van der Waals surface area contributed by atoms with Crippen molar-refractivity contribution < 1.29 is 14.8 Å². The zero-order valence-corrected chi connectivity index (χ0v) is 59.2. The summed E-state index contributed by atoms with van der Waals surface area (Å²) < 4.78 is 7.20. The lowest BCUT2D eigenvalue weighted by molar-refractivity contribution is 0.198. The molecule has 0 unspecified atom stereocenters. The Hall–Kier alpha value is -11.1. The summed E-state index contributed by atoms with van der Waals surface area (Å²) in [6.07, 6.45) is 2.56. The van der Waals surface area contributed by atoms with Crippen molar-refractivity contribution in [3.63, 3.8) is 0 Å². The molecule has 1 aliphatic rings. The molecule has 0 amide bonds. The van der Waals surface area contributed by atoms with Gasteiger partial charge in [-0.1, -0.05) is 373 Å². The van der Waals surface area contributed by atoms with Crippen LogP contribution in [0, 0.1) is 0 Å². The van der Waals surface area contributed by atoms with Crippen LogP contribution in [-0.4, -0.2) is 30.4 Å². The van der Waals surface area contributed by atoms with E-state index in [0.29, 0.717) is 5.46 Å². The molecule has 0 radical (unpaired) electrons. The zero-order chi connectivity index (χ0) is 68.9. The van der Waals surface area contributed by atoms with E-state index in [4.69, 9.17) is 14.8 Å². The van der Waals surface area contributed by atoms with Gasteiger partial charge >= 0.3 is 7.12 Å². The molecule has 3 nitrogen and oxygen atoms in total. The fourth-order valence-electron chi connectivity index (χ4n) is 14.7. The van der Waals surface area contributed by atoms with Crippen LogP contribution in [0.15, 0.2) is 367 Å². The van der Waals surface area contributed by atoms with E-state index >= 15 is 0 Å². The molecule has 18 aromatic rings. The van der Waals surface area contributed by atoms with Gasteiger partial charge in [0.1, 0.15) is 0 Å². The van der Waals surface area contributed by atoms with Crippen molar-refractivity contribution in [1.82, 2.24) is 0 Å². The third-order valence-corrected chi connectivity index (χ3v) is 21.1. The summed E-state index contributed by atoms with van der Waals surface area (Å²) in [5.74, 6) is 0. The van der Waals surface area contributed by atoms with E-state index in [1.54, 1.807) is 12.1 Å². The Bertz CT molecular complexity index is 5560. The van der Waals surface area contributed by atoms with E-state index in [1.807, 2.05) is 42.5 Å². The normalized spacial score (nSPS) is 11.8. The molecule has 19 rings (SSSR count).